The van der Waals surface area contributed by atoms with Gasteiger partial charge in [0.15, 0.2) is 11.6 Å². The van der Waals surface area contributed by atoms with Crippen molar-refractivity contribution < 1.29 is 8.78 Å². The first-order chi connectivity index (χ1) is 6.02. The molecule has 0 aliphatic carbocycles. The third kappa shape index (κ3) is 2.25. The third-order valence-corrected chi connectivity index (χ3v) is 2.05. The van der Waals surface area contributed by atoms with E-state index < -0.39 is 11.6 Å². The van der Waals surface area contributed by atoms with E-state index in [1.807, 2.05) is 13.8 Å². The highest BCUT2D eigenvalue weighted by molar-refractivity contribution is 5.21. The lowest BCUT2D eigenvalue weighted by molar-refractivity contribution is 0.488. The van der Waals surface area contributed by atoms with E-state index in [9.17, 15) is 8.78 Å². The van der Waals surface area contributed by atoms with E-state index >= 15 is 0 Å². The number of halogens is 2. The molecule has 1 unspecified atom stereocenters. The maximum Gasteiger partial charge on any atom is 0.159 e. The quantitative estimate of drug-likeness (QED) is 0.753. The second-order valence-corrected chi connectivity index (χ2v) is 3.44. The van der Waals surface area contributed by atoms with Crippen molar-refractivity contribution in [1.29, 1.82) is 0 Å². The Labute approximate surface area is 76.6 Å². The second kappa shape index (κ2) is 3.83. The van der Waals surface area contributed by atoms with Crippen molar-refractivity contribution in [2.24, 2.45) is 11.7 Å². The molecule has 2 N–H and O–H groups in total. The second-order valence-electron chi connectivity index (χ2n) is 3.44. The Morgan fingerprint density at radius 2 is 1.77 bits per heavy atom. The lowest BCUT2D eigenvalue weighted by atomic mass is 9.97. The van der Waals surface area contributed by atoms with Crippen LogP contribution in [0.4, 0.5) is 8.78 Å². The van der Waals surface area contributed by atoms with Crippen LogP contribution in [-0.2, 0) is 0 Å². The number of hydrogen-bond acceptors (Lipinski definition) is 1. The fourth-order valence-corrected chi connectivity index (χ4v) is 1.10. The summed E-state index contributed by atoms with van der Waals surface area (Å²) in [5, 5.41) is 0. The summed E-state index contributed by atoms with van der Waals surface area (Å²) >= 11 is 0. The Morgan fingerprint density at radius 3 is 2.23 bits per heavy atom. The Hall–Kier alpha value is -0.960. The number of nitrogens with two attached hydrogens (primary N) is 1. The van der Waals surface area contributed by atoms with Crippen LogP contribution in [0.1, 0.15) is 25.5 Å². The topological polar surface area (TPSA) is 26.0 Å². The number of benzene rings is 1. The van der Waals surface area contributed by atoms with Gasteiger partial charge in [-0.25, -0.2) is 8.78 Å². The first kappa shape index (κ1) is 10.1. The Balaban J connectivity index is 2.97. The first-order valence-corrected chi connectivity index (χ1v) is 4.23. The molecule has 0 heterocycles. The van der Waals surface area contributed by atoms with Gasteiger partial charge in [0.25, 0.3) is 0 Å². The molecule has 1 aromatic carbocycles. The molecule has 0 aliphatic rings. The Kier molecular flexibility index (Phi) is 2.98. The van der Waals surface area contributed by atoms with E-state index in [4.69, 9.17) is 5.73 Å². The van der Waals surface area contributed by atoms with Crippen LogP contribution in [0.15, 0.2) is 18.2 Å². The fraction of sp³-hybridized carbons (Fsp3) is 0.400. The first-order valence-electron chi connectivity index (χ1n) is 4.23. The van der Waals surface area contributed by atoms with Gasteiger partial charge < -0.3 is 5.73 Å². The van der Waals surface area contributed by atoms with E-state index in [0.717, 1.165) is 12.1 Å². The fourth-order valence-electron chi connectivity index (χ4n) is 1.10. The summed E-state index contributed by atoms with van der Waals surface area (Å²) in [5.41, 5.74) is 6.40. The number of hydrogen-bond donors (Lipinski definition) is 1. The highest BCUT2D eigenvalue weighted by Crippen LogP contribution is 2.20. The molecule has 0 radical (unpaired) electrons. The molecule has 0 bridgehead atoms. The van der Waals surface area contributed by atoms with Crippen molar-refractivity contribution in [3.05, 3.63) is 35.4 Å². The van der Waals surface area contributed by atoms with E-state index in [1.54, 1.807) is 0 Å². The molecule has 0 aliphatic heterocycles. The van der Waals surface area contributed by atoms with Gasteiger partial charge in [-0.3, -0.25) is 0 Å². The SMILES string of the molecule is CC(C)C(N)c1ccc(F)c(F)c1. The zero-order valence-corrected chi connectivity index (χ0v) is 7.72. The van der Waals surface area contributed by atoms with Gasteiger partial charge in [-0.15, -0.1) is 0 Å². The van der Waals surface area contributed by atoms with Gasteiger partial charge in [0, 0.05) is 6.04 Å². The molecule has 3 heteroatoms. The van der Waals surface area contributed by atoms with Gasteiger partial charge in [-0.1, -0.05) is 19.9 Å². The molecule has 0 amide bonds. The van der Waals surface area contributed by atoms with Crippen LogP contribution in [0.25, 0.3) is 0 Å². The van der Waals surface area contributed by atoms with Gasteiger partial charge in [-0.2, -0.15) is 0 Å². The monoisotopic (exact) mass is 185 g/mol. The lowest BCUT2D eigenvalue weighted by Crippen LogP contribution is -2.16. The van der Waals surface area contributed by atoms with E-state index in [2.05, 4.69) is 0 Å². The maximum atomic E-state index is 12.8. The molecule has 72 valence electrons. The van der Waals surface area contributed by atoms with Crippen LogP contribution >= 0.6 is 0 Å². The average Bonchev–Trinajstić information content (AvgIpc) is 2.08. The summed E-state index contributed by atoms with van der Waals surface area (Å²) in [6, 6.07) is 3.53. The molecule has 1 nitrogen and oxygen atoms in total. The molecule has 0 fully saturated rings. The van der Waals surface area contributed by atoms with Gasteiger partial charge in [0.1, 0.15) is 0 Å². The van der Waals surface area contributed by atoms with Gasteiger partial charge >= 0.3 is 0 Å². The highest BCUT2D eigenvalue weighted by atomic mass is 19.2. The summed E-state index contributed by atoms with van der Waals surface area (Å²) in [7, 11) is 0. The molecule has 0 saturated carbocycles. The third-order valence-electron chi connectivity index (χ3n) is 2.05. The summed E-state index contributed by atoms with van der Waals surface area (Å²) in [4.78, 5) is 0. The molecule has 0 saturated heterocycles. The minimum Gasteiger partial charge on any atom is -0.324 e. The molecule has 1 rings (SSSR count). The van der Waals surface area contributed by atoms with Crippen LogP contribution in [0.5, 0.6) is 0 Å². The highest BCUT2D eigenvalue weighted by Gasteiger charge is 2.12. The number of rotatable bonds is 2. The van der Waals surface area contributed by atoms with Crippen molar-refractivity contribution in [3.63, 3.8) is 0 Å². The lowest BCUT2D eigenvalue weighted by Gasteiger charge is -2.15. The van der Waals surface area contributed by atoms with Crippen LogP contribution in [0.3, 0.4) is 0 Å². The maximum absolute atomic E-state index is 12.8. The van der Waals surface area contributed by atoms with Crippen molar-refractivity contribution in [2.75, 3.05) is 0 Å². The molecule has 13 heavy (non-hydrogen) atoms. The van der Waals surface area contributed by atoms with Crippen LogP contribution in [0.2, 0.25) is 0 Å². The zero-order chi connectivity index (χ0) is 10.0. The van der Waals surface area contributed by atoms with Crippen molar-refractivity contribution in [2.45, 2.75) is 19.9 Å². The van der Waals surface area contributed by atoms with E-state index in [-0.39, 0.29) is 12.0 Å². The van der Waals surface area contributed by atoms with Gasteiger partial charge in [0.2, 0.25) is 0 Å². The Morgan fingerprint density at radius 1 is 1.15 bits per heavy atom. The van der Waals surface area contributed by atoms with Gasteiger partial charge in [-0.05, 0) is 23.6 Å². The minimum atomic E-state index is -0.839. The van der Waals surface area contributed by atoms with E-state index in [1.165, 1.54) is 6.07 Å². The van der Waals surface area contributed by atoms with Gasteiger partial charge in [0.05, 0.1) is 0 Å². The van der Waals surface area contributed by atoms with Crippen molar-refractivity contribution >= 4 is 0 Å². The standard InChI is InChI=1S/C10H13F2N/c1-6(2)10(13)7-3-4-8(11)9(12)5-7/h3-6,10H,13H2,1-2H3. The molecule has 1 atom stereocenters. The molecule has 1 aromatic rings. The summed E-state index contributed by atoms with van der Waals surface area (Å²) in [6.45, 7) is 3.87. The summed E-state index contributed by atoms with van der Waals surface area (Å²) < 4.78 is 25.3. The van der Waals surface area contributed by atoms with Crippen molar-refractivity contribution in [3.8, 4) is 0 Å². The van der Waals surface area contributed by atoms with Crippen LogP contribution in [0, 0.1) is 17.6 Å². The van der Waals surface area contributed by atoms with Crippen molar-refractivity contribution in [1.82, 2.24) is 0 Å². The average molecular weight is 185 g/mol. The van der Waals surface area contributed by atoms with E-state index in [0.29, 0.717) is 5.56 Å². The predicted molar refractivity (Wildman–Crippen MR) is 48.1 cm³/mol. The minimum absolute atomic E-state index is 0.213. The zero-order valence-electron chi connectivity index (χ0n) is 7.72. The van der Waals surface area contributed by atoms with Crippen LogP contribution in [-0.4, -0.2) is 0 Å². The van der Waals surface area contributed by atoms with Crippen LogP contribution < -0.4 is 5.73 Å². The summed E-state index contributed by atoms with van der Waals surface area (Å²) in [6.07, 6.45) is 0. The molecule has 0 spiro atoms. The molecular weight excluding hydrogens is 172 g/mol. The molecular formula is C10H13F2N. The summed E-state index contributed by atoms with van der Waals surface area (Å²) in [5.74, 6) is -1.46. The largest absolute Gasteiger partial charge is 0.324 e. The Bertz CT molecular complexity index is 297. The smallest absolute Gasteiger partial charge is 0.159 e. The normalized spacial score (nSPS) is 13.4. The predicted octanol–water partition coefficient (Wildman–Crippen LogP) is 2.62. The molecule has 0 aromatic heterocycles.